The molecule has 0 fully saturated rings. The van der Waals surface area contributed by atoms with Crippen LogP contribution in [0.25, 0.3) is 5.69 Å². The van der Waals surface area contributed by atoms with Gasteiger partial charge in [-0.2, -0.15) is 18.3 Å². The quantitative estimate of drug-likeness (QED) is 0.911. The summed E-state index contributed by atoms with van der Waals surface area (Å²) in [4.78, 5) is 11.6. The maximum atomic E-state index is 12.7. The van der Waals surface area contributed by atoms with Crippen molar-refractivity contribution in [3.05, 3.63) is 42.2 Å². The molecule has 0 radical (unpaired) electrons. The lowest BCUT2D eigenvalue weighted by molar-refractivity contribution is -0.137. The van der Waals surface area contributed by atoms with E-state index in [1.165, 1.54) is 29.2 Å². The van der Waals surface area contributed by atoms with Crippen molar-refractivity contribution >= 4 is 11.6 Å². The van der Waals surface area contributed by atoms with Gasteiger partial charge in [-0.05, 0) is 25.1 Å². The van der Waals surface area contributed by atoms with Gasteiger partial charge in [0.25, 0.3) is 0 Å². The molecule has 1 atom stereocenters. The third-order valence-corrected chi connectivity index (χ3v) is 2.81. The summed E-state index contributed by atoms with van der Waals surface area (Å²) in [5.74, 6) is -0.279. The van der Waals surface area contributed by atoms with E-state index >= 15 is 0 Å². The molecule has 8 heteroatoms. The van der Waals surface area contributed by atoms with Gasteiger partial charge < -0.3 is 11.1 Å². The number of nitrogens with one attached hydrogen (secondary N) is 1. The van der Waals surface area contributed by atoms with E-state index in [9.17, 15) is 18.0 Å². The van der Waals surface area contributed by atoms with Crippen molar-refractivity contribution in [2.75, 3.05) is 5.32 Å². The van der Waals surface area contributed by atoms with Crippen LogP contribution >= 0.6 is 0 Å². The highest BCUT2D eigenvalue weighted by atomic mass is 19.4. The van der Waals surface area contributed by atoms with E-state index in [1.807, 2.05) is 0 Å². The number of carbonyl (C=O) groups is 1. The average molecular weight is 312 g/mol. The van der Waals surface area contributed by atoms with Gasteiger partial charge in [0.05, 0.1) is 29.3 Å². The molecule has 118 valence electrons. The molecule has 1 aromatic heterocycles. The van der Waals surface area contributed by atoms with E-state index < -0.39 is 11.7 Å². The largest absolute Gasteiger partial charge is 0.416 e. The molecule has 2 rings (SSSR count). The number of nitrogens with zero attached hydrogens (tertiary/aromatic N) is 2. The summed E-state index contributed by atoms with van der Waals surface area (Å²) < 4.78 is 39.3. The number of carbonyl (C=O) groups excluding carboxylic acids is 1. The summed E-state index contributed by atoms with van der Waals surface area (Å²) in [6.45, 7) is 1.70. The Balaban J connectivity index is 2.16. The predicted octanol–water partition coefficient (Wildman–Crippen LogP) is 2.57. The zero-order chi connectivity index (χ0) is 16.3. The third kappa shape index (κ3) is 4.08. The fourth-order valence-electron chi connectivity index (χ4n) is 1.86. The van der Waals surface area contributed by atoms with Gasteiger partial charge in [-0.3, -0.25) is 4.79 Å². The van der Waals surface area contributed by atoms with E-state index in [1.54, 1.807) is 6.92 Å². The van der Waals surface area contributed by atoms with Crippen LogP contribution in [0.5, 0.6) is 0 Å². The highest BCUT2D eigenvalue weighted by Gasteiger charge is 2.30. The number of nitrogens with two attached hydrogens (primary N) is 1. The highest BCUT2D eigenvalue weighted by molar-refractivity contribution is 5.90. The van der Waals surface area contributed by atoms with E-state index in [2.05, 4.69) is 10.4 Å². The normalized spacial score (nSPS) is 13.0. The Morgan fingerprint density at radius 3 is 2.82 bits per heavy atom. The summed E-state index contributed by atoms with van der Waals surface area (Å²) in [5.41, 5.74) is 5.40. The van der Waals surface area contributed by atoms with Crippen molar-refractivity contribution in [3.8, 4) is 5.69 Å². The number of benzene rings is 1. The van der Waals surface area contributed by atoms with E-state index in [0.717, 1.165) is 12.1 Å². The van der Waals surface area contributed by atoms with Crippen LogP contribution in [-0.4, -0.2) is 21.7 Å². The fraction of sp³-hybridized carbons (Fsp3) is 0.286. The van der Waals surface area contributed by atoms with Gasteiger partial charge in [-0.15, -0.1) is 0 Å². The maximum Gasteiger partial charge on any atom is 0.416 e. The summed E-state index contributed by atoms with van der Waals surface area (Å²) in [6.07, 6.45) is -1.47. The zero-order valence-electron chi connectivity index (χ0n) is 11.8. The molecular formula is C14H15F3N4O. The van der Waals surface area contributed by atoms with Crippen molar-refractivity contribution in [3.63, 3.8) is 0 Å². The first-order valence-electron chi connectivity index (χ1n) is 6.53. The fourth-order valence-corrected chi connectivity index (χ4v) is 1.86. The Kier molecular flexibility index (Phi) is 4.51. The number of halogens is 3. The Labute approximate surface area is 124 Å². The van der Waals surface area contributed by atoms with Crippen molar-refractivity contribution in [1.29, 1.82) is 0 Å². The Morgan fingerprint density at radius 1 is 1.45 bits per heavy atom. The first-order valence-corrected chi connectivity index (χ1v) is 6.53. The highest BCUT2D eigenvalue weighted by Crippen LogP contribution is 2.30. The maximum absolute atomic E-state index is 12.7. The molecule has 0 aliphatic heterocycles. The Bertz CT molecular complexity index is 664. The van der Waals surface area contributed by atoms with Crippen molar-refractivity contribution in [1.82, 2.24) is 9.78 Å². The zero-order valence-corrected chi connectivity index (χ0v) is 11.8. The van der Waals surface area contributed by atoms with E-state index in [0.29, 0.717) is 5.69 Å². The molecule has 1 heterocycles. The first-order chi connectivity index (χ1) is 10.3. The summed E-state index contributed by atoms with van der Waals surface area (Å²) in [5, 5.41) is 6.53. The molecular weight excluding hydrogens is 297 g/mol. The summed E-state index contributed by atoms with van der Waals surface area (Å²) in [6, 6.07) is 4.49. The van der Waals surface area contributed by atoms with Crippen LogP contribution in [0.1, 0.15) is 18.9 Å². The molecule has 22 heavy (non-hydrogen) atoms. The molecule has 1 unspecified atom stereocenters. The number of rotatable bonds is 4. The Morgan fingerprint density at radius 2 is 2.18 bits per heavy atom. The van der Waals surface area contributed by atoms with Gasteiger partial charge in [0, 0.05) is 12.5 Å². The molecule has 5 nitrogen and oxygen atoms in total. The smallest absolute Gasteiger partial charge is 0.327 e. The molecule has 1 amide bonds. The second-order valence-corrected chi connectivity index (χ2v) is 4.95. The number of hydrogen-bond acceptors (Lipinski definition) is 3. The lowest BCUT2D eigenvalue weighted by Gasteiger charge is -2.08. The van der Waals surface area contributed by atoms with Crippen LogP contribution in [0.15, 0.2) is 36.7 Å². The summed E-state index contributed by atoms with van der Waals surface area (Å²) >= 11 is 0. The predicted molar refractivity (Wildman–Crippen MR) is 75.5 cm³/mol. The number of aromatic nitrogens is 2. The Hall–Kier alpha value is -2.35. The molecule has 2 aromatic rings. The first kappa shape index (κ1) is 16.0. The number of anilines is 1. The molecule has 0 saturated carbocycles. The van der Waals surface area contributed by atoms with E-state index in [4.69, 9.17) is 5.73 Å². The molecule has 0 saturated heterocycles. The van der Waals surface area contributed by atoms with Gasteiger partial charge in [-0.1, -0.05) is 6.07 Å². The second-order valence-electron chi connectivity index (χ2n) is 4.95. The van der Waals surface area contributed by atoms with E-state index in [-0.39, 0.29) is 24.1 Å². The van der Waals surface area contributed by atoms with Crippen molar-refractivity contribution in [2.45, 2.75) is 25.6 Å². The molecule has 0 aliphatic rings. The van der Waals surface area contributed by atoms with Gasteiger partial charge in [0.1, 0.15) is 0 Å². The van der Waals surface area contributed by atoms with Crippen LogP contribution < -0.4 is 11.1 Å². The minimum atomic E-state index is -4.42. The van der Waals surface area contributed by atoms with Crippen LogP contribution in [0.3, 0.4) is 0 Å². The molecule has 1 aromatic carbocycles. The lowest BCUT2D eigenvalue weighted by atomic mass is 10.2. The van der Waals surface area contributed by atoms with Gasteiger partial charge in [0.15, 0.2) is 0 Å². The molecule has 0 spiro atoms. The van der Waals surface area contributed by atoms with Crippen LogP contribution in [-0.2, 0) is 11.0 Å². The number of hydrogen-bond donors (Lipinski definition) is 2. The minimum Gasteiger partial charge on any atom is -0.327 e. The number of alkyl halides is 3. The molecule has 0 aliphatic carbocycles. The topological polar surface area (TPSA) is 72.9 Å². The molecule has 0 bridgehead atoms. The third-order valence-electron chi connectivity index (χ3n) is 2.81. The average Bonchev–Trinajstić information content (AvgIpc) is 2.85. The lowest BCUT2D eigenvalue weighted by Crippen LogP contribution is -2.23. The minimum absolute atomic E-state index is 0.148. The number of amides is 1. The van der Waals surface area contributed by atoms with Crippen molar-refractivity contribution in [2.24, 2.45) is 5.73 Å². The van der Waals surface area contributed by atoms with Crippen LogP contribution in [0.4, 0.5) is 18.9 Å². The standard InChI is InChI=1S/C14H15F3N4O/c1-9(18)5-13(22)20-11-7-19-21(8-11)12-4-2-3-10(6-12)14(15,16)17/h2-4,6-9H,5,18H2,1H3,(H,20,22). The van der Waals surface area contributed by atoms with Gasteiger partial charge in [-0.25, -0.2) is 4.68 Å². The SMILES string of the molecule is CC(N)CC(=O)Nc1cnn(-c2cccc(C(F)(F)F)c2)c1. The van der Waals surface area contributed by atoms with Gasteiger partial charge >= 0.3 is 6.18 Å². The molecule has 3 N–H and O–H groups in total. The second kappa shape index (κ2) is 6.18. The van der Waals surface area contributed by atoms with Gasteiger partial charge in [0.2, 0.25) is 5.91 Å². The van der Waals surface area contributed by atoms with Crippen LogP contribution in [0, 0.1) is 0 Å². The summed E-state index contributed by atoms with van der Waals surface area (Å²) in [7, 11) is 0. The van der Waals surface area contributed by atoms with Crippen molar-refractivity contribution < 1.29 is 18.0 Å². The monoisotopic (exact) mass is 312 g/mol. The van der Waals surface area contributed by atoms with Crippen LogP contribution in [0.2, 0.25) is 0 Å².